The molecule has 2 bridgehead atoms. The highest BCUT2D eigenvalue weighted by atomic mass is 16.7. The summed E-state index contributed by atoms with van der Waals surface area (Å²) in [6.07, 6.45) is 10.6. The third-order valence-electron chi connectivity index (χ3n) is 7.65. The minimum absolute atomic E-state index is 0.0185. The van der Waals surface area contributed by atoms with Crippen molar-refractivity contribution in [3.05, 3.63) is 35.8 Å². The van der Waals surface area contributed by atoms with Gasteiger partial charge in [-0.1, -0.05) is 6.08 Å². The van der Waals surface area contributed by atoms with Gasteiger partial charge in [0.1, 0.15) is 6.61 Å². The Labute approximate surface area is 146 Å². The molecule has 132 valence electrons. The second kappa shape index (κ2) is 4.77. The Morgan fingerprint density at radius 2 is 2.16 bits per heavy atom. The highest BCUT2D eigenvalue weighted by molar-refractivity contribution is 5.92. The van der Waals surface area contributed by atoms with Crippen LogP contribution in [-0.2, 0) is 19.0 Å². The Morgan fingerprint density at radius 3 is 3.04 bits per heavy atom. The summed E-state index contributed by atoms with van der Waals surface area (Å²) in [5, 5.41) is 0. The van der Waals surface area contributed by atoms with Gasteiger partial charge in [0.2, 0.25) is 0 Å². The highest BCUT2D eigenvalue weighted by Gasteiger charge is 2.69. The van der Waals surface area contributed by atoms with Crippen LogP contribution in [0.15, 0.2) is 34.7 Å². The molecule has 1 aromatic rings. The van der Waals surface area contributed by atoms with Crippen LogP contribution in [0.1, 0.15) is 43.8 Å². The lowest BCUT2D eigenvalue weighted by atomic mass is 9.46. The van der Waals surface area contributed by atoms with Crippen LogP contribution in [0.3, 0.4) is 0 Å². The van der Waals surface area contributed by atoms with Crippen LogP contribution in [0, 0.1) is 22.7 Å². The molecule has 6 rings (SSSR count). The fourth-order valence-electron chi connectivity index (χ4n) is 6.64. The van der Waals surface area contributed by atoms with Crippen molar-refractivity contribution >= 4 is 5.97 Å². The van der Waals surface area contributed by atoms with Gasteiger partial charge >= 0.3 is 5.97 Å². The van der Waals surface area contributed by atoms with Gasteiger partial charge in [-0.05, 0) is 44.1 Å². The fraction of sp³-hybridized carbons (Fsp3) is 0.650. The van der Waals surface area contributed by atoms with Gasteiger partial charge in [0.05, 0.1) is 25.2 Å². The number of esters is 1. The average molecular weight is 342 g/mol. The monoisotopic (exact) mass is 342 g/mol. The van der Waals surface area contributed by atoms with Crippen molar-refractivity contribution in [1.29, 1.82) is 0 Å². The van der Waals surface area contributed by atoms with E-state index in [-0.39, 0.29) is 29.2 Å². The maximum atomic E-state index is 12.3. The molecule has 3 aliphatic heterocycles. The molecule has 0 radical (unpaired) electrons. The van der Waals surface area contributed by atoms with Crippen LogP contribution in [0.2, 0.25) is 0 Å². The van der Waals surface area contributed by atoms with E-state index in [0.29, 0.717) is 18.4 Å². The van der Waals surface area contributed by atoms with Crippen molar-refractivity contribution in [1.82, 2.24) is 0 Å². The van der Waals surface area contributed by atoms with Crippen molar-refractivity contribution in [2.24, 2.45) is 22.7 Å². The zero-order valence-corrected chi connectivity index (χ0v) is 14.1. The normalized spacial score (nSPS) is 47.5. The van der Waals surface area contributed by atoms with Gasteiger partial charge in [-0.2, -0.15) is 0 Å². The zero-order valence-electron chi connectivity index (χ0n) is 14.1. The first-order valence-electron chi connectivity index (χ1n) is 9.40. The topological polar surface area (TPSA) is 57.9 Å². The quantitative estimate of drug-likeness (QED) is 0.733. The molecule has 2 aliphatic carbocycles. The largest absolute Gasteiger partial charge is 0.472 e. The maximum Gasteiger partial charge on any atom is 0.334 e. The molecule has 3 saturated heterocycles. The number of carbonyl (C=O) groups excluding carboxylic acids is 1. The standard InChI is InChI=1S/C20H22O5/c21-17-13-2-1-3-16-19(13,10-23-17)6-4-14-18-24-11-20(14,16)8-15(25-18)12-5-7-22-9-12/h2,5,7,9,14-16,18H,1,3-4,6,8,10-11H2/t14-,15+,16-,18+,19-,20+/m0/s1. The van der Waals surface area contributed by atoms with E-state index in [1.54, 1.807) is 12.5 Å². The van der Waals surface area contributed by atoms with E-state index in [0.717, 1.165) is 49.8 Å². The van der Waals surface area contributed by atoms with Crippen molar-refractivity contribution in [2.45, 2.75) is 44.5 Å². The molecule has 4 heterocycles. The molecule has 0 N–H and O–H groups in total. The first-order valence-corrected chi connectivity index (χ1v) is 9.40. The molecule has 0 amide bonds. The van der Waals surface area contributed by atoms with E-state index >= 15 is 0 Å². The van der Waals surface area contributed by atoms with Gasteiger partial charge in [-0.15, -0.1) is 0 Å². The van der Waals surface area contributed by atoms with Crippen LogP contribution in [0.25, 0.3) is 0 Å². The predicted octanol–water partition coefficient (Wildman–Crippen LogP) is 3.37. The Kier molecular flexibility index (Phi) is 2.78. The summed E-state index contributed by atoms with van der Waals surface area (Å²) < 4.78 is 23.3. The number of hydrogen-bond acceptors (Lipinski definition) is 5. The molecule has 0 unspecified atom stereocenters. The molecule has 4 fully saturated rings. The molecule has 6 atom stereocenters. The first-order chi connectivity index (χ1) is 12.2. The van der Waals surface area contributed by atoms with Gasteiger partial charge in [0.15, 0.2) is 6.29 Å². The lowest BCUT2D eigenvalue weighted by Crippen LogP contribution is -2.56. The summed E-state index contributed by atoms with van der Waals surface area (Å²) in [5.74, 6) is 0.781. The molecule has 25 heavy (non-hydrogen) atoms. The second-order valence-corrected chi connectivity index (χ2v) is 8.42. The predicted molar refractivity (Wildman–Crippen MR) is 86.2 cm³/mol. The summed E-state index contributed by atoms with van der Waals surface area (Å²) in [4.78, 5) is 12.3. The molecular formula is C20H22O5. The number of rotatable bonds is 1. The Balaban J connectivity index is 1.44. The third kappa shape index (κ3) is 1.69. The molecule has 1 spiro atoms. The first kappa shape index (κ1) is 14.6. The van der Waals surface area contributed by atoms with E-state index in [1.807, 2.05) is 6.07 Å². The summed E-state index contributed by atoms with van der Waals surface area (Å²) in [7, 11) is 0. The van der Waals surface area contributed by atoms with Crippen molar-refractivity contribution in [3.63, 3.8) is 0 Å². The van der Waals surface area contributed by atoms with Crippen molar-refractivity contribution < 1.29 is 23.4 Å². The number of cyclic esters (lactones) is 1. The van der Waals surface area contributed by atoms with E-state index in [9.17, 15) is 4.79 Å². The number of ether oxygens (including phenoxy) is 3. The minimum atomic E-state index is -0.127. The Hall–Kier alpha value is -1.59. The van der Waals surface area contributed by atoms with Crippen LogP contribution >= 0.6 is 0 Å². The zero-order chi connectivity index (χ0) is 16.6. The lowest BCUT2D eigenvalue weighted by Gasteiger charge is -2.57. The van der Waals surface area contributed by atoms with Crippen LogP contribution in [0.5, 0.6) is 0 Å². The summed E-state index contributed by atoms with van der Waals surface area (Å²) in [6.45, 7) is 1.29. The van der Waals surface area contributed by atoms with Crippen molar-refractivity contribution in [2.75, 3.05) is 13.2 Å². The van der Waals surface area contributed by atoms with Crippen LogP contribution in [-0.4, -0.2) is 25.5 Å². The number of furan rings is 1. The molecular weight excluding hydrogens is 320 g/mol. The molecule has 1 aromatic heterocycles. The smallest absolute Gasteiger partial charge is 0.334 e. The summed E-state index contributed by atoms with van der Waals surface area (Å²) in [6, 6.07) is 1.99. The minimum Gasteiger partial charge on any atom is -0.472 e. The van der Waals surface area contributed by atoms with E-state index in [4.69, 9.17) is 18.6 Å². The van der Waals surface area contributed by atoms with Gasteiger partial charge in [-0.25, -0.2) is 4.79 Å². The summed E-state index contributed by atoms with van der Waals surface area (Å²) in [5.41, 5.74) is 2.03. The number of allylic oxidation sites excluding steroid dienone is 1. The van der Waals surface area contributed by atoms with E-state index in [1.165, 1.54) is 0 Å². The number of carbonyl (C=O) groups is 1. The Bertz CT molecular complexity index is 752. The van der Waals surface area contributed by atoms with Gasteiger partial charge < -0.3 is 18.6 Å². The van der Waals surface area contributed by atoms with Gasteiger partial charge in [-0.3, -0.25) is 0 Å². The molecule has 1 saturated carbocycles. The van der Waals surface area contributed by atoms with Gasteiger partial charge in [0.25, 0.3) is 0 Å². The van der Waals surface area contributed by atoms with Gasteiger partial charge in [0, 0.05) is 27.9 Å². The SMILES string of the molecule is O=C1OC[C@]23CC[C@H]4[C@@H]5OC[C@@]4(C[C@H](c4ccoc4)O5)[C@H]2CCC=C13. The molecule has 5 heteroatoms. The second-order valence-electron chi connectivity index (χ2n) is 8.42. The molecule has 5 nitrogen and oxygen atoms in total. The highest BCUT2D eigenvalue weighted by Crippen LogP contribution is 2.69. The van der Waals surface area contributed by atoms with E-state index < -0.39 is 0 Å². The average Bonchev–Trinajstić information content (AvgIpc) is 3.32. The molecule has 0 aromatic carbocycles. The fourth-order valence-corrected chi connectivity index (χ4v) is 6.64. The van der Waals surface area contributed by atoms with Crippen LogP contribution in [0.4, 0.5) is 0 Å². The summed E-state index contributed by atoms with van der Waals surface area (Å²) >= 11 is 0. The van der Waals surface area contributed by atoms with E-state index in [2.05, 4.69) is 6.08 Å². The van der Waals surface area contributed by atoms with Crippen molar-refractivity contribution in [3.8, 4) is 0 Å². The lowest BCUT2D eigenvalue weighted by molar-refractivity contribution is -0.208. The maximum absolute atomic E-state index is 12.3. The van der Waals surface area contributed by atoms with Crippen LogP contribution < -0.4 is 0 Å². The molecule has 5 aliphatic rings. The third-order valence-corrected chi connectivity index (χ3v) is 7.65. The Morgan fingerprint density at radius 1 is 1.20 bits per heavy atom. The number of hydrogen-bond donors (Lipinski definition) is 0.